The van der Waals surface area contributed by atoms with Crippen molar-refractivity contribution in [3.8, 4) is 0 Å². The van der Waals surface area contributed by atoms with Gasteiger partial charge in [0.05, 0.1) is 16.4 Å². The van der Waals surface area contributed by atoms with Crippen LogP contribution in [0, 0.1) is 0 Å². The zero-order valence-corrected chi connectivity index (χ0v) is 12.1. The summed E-state index contributed by atoms with van der Waals surface area (Å²) >= 11 is 7.59. The molecule has 1 aromatic heterocycles. The average molecular weight is 301 g/mol. The largest absolute Gasteiger partial charge is 0.336 e. The molecule has 0 bridgehead atoms. The van der Waals surface area contributed by atoms with Crippen LogP contribution in [0.1, 0.15) is 10.9 Å². The van der Waals surface area contributed by atoms with E-state index in [1.54, 1.807) is 11.3 Å². The Morgan fingerprint density at radius 3 is 3.05 bits per heavy atom. The molecule has 7 heteroatoms. The quantitative estimate of drug-likeness (QED) is 0.879. The highest BCUT2D eigenvalue weighted by atomic mass is 35.5. The van der Waals surface area contributed by atoms with Gasteiger partial charge in [-0.3, -0.25) is 4.90 Å². The highest BCUT2D eigenvalue weighted by molar-refractivity contribution is 7.16. The number of nitrogens with two attached hydrogens (primary N) is 1. The molecule has 2 aliphatic heterocycles. The van der Waals surface area contributed by atoms with Gasteiger partial charge in [0, 0.05) is 37.6 Å². The number of carbonyl (C=O) groups is 1. The molecule has 5 nitrogen and oxygen atoms in total. The summed E-state index contributed by atoms with van der Waals surface area (Å²) in [6.07, 6.45) is 0. The molecule has 0 saturated carbocycles. The Hall–Kier alpha value is -0.820. The summed E-state index contributed by atoms with van der Waals surface area (Å²) in [5, 5.41) is 2.89. The molecule has 0 spiro atoms. The first kappa shape index (κ1) is 13.2. The molecule has 2 aliphatic rings. The van der Waals surface area contributed by atoms with Crippen LogP contribution >= 0.6 is 22.9 Å². The monoisotopic (exact) mass is 300 g/mol. The third-order valence-electron chi connectivity index (χ3n) is 3.85. The standard InChI is InChI=1S/C12H17ClN4OS/c13-11-2-1-10(19-11)9(5-14)16-3-4-17-8(7-16)6-15-12(17)18/h1-2,8-9H,3-7,14H2,(H,15,18). The summed E-state index contributed by atoms with van der Waals surface area (Å²) in [6, 6.07) is 4.50. The van der Waals surface area contributed by atoms with Crippen molar-refractivity contribution in [1.82, 2.24) is 15.1 Å². The van der Waals surface area contributed by atoms with E-state index in [9.17, 15) is 4.79 Å². The lowest BCUT2D eigenvalue weighted by Gasteiger charge is -2.40. The number of carbonyl (C=O) groups excluding carboxylic acids is 1. The van der Waals surface area contributed by atoms with E-state index in [4.69, 9.17) is 17.3 Å². The Bertz CT molecular complexity index is 480. The Morgan fingerprint density at radius 2 is 2.37 bits per heavy atom. The van der Waals surface area contributed by atoms with Crippen molar-refractivity contribution in [2.24, 2.45) is 5.73 Å². The van der Waals surface area contributed by atoms with Gasteiger partial charge in [0.25, 0.3) is 0 Å². The predicted molar refractivity (Wildman–Crippen MR) is 76.6 cm³/mol. The number of rotatable bonds is 3. The maximum Gasteiger partial charge on any atom is 0.317 e. The van der Waals surface area contributed by atoms with E-state index in [-0.39, 0.29) is 18.1 Å². The fourth-order valence-electron chi connectivity index (χ4n) is 2.86. The second-order valence-electron chi connectivity index (χ2n) is 4.92. The maximum absolute atomic E-state index is 11.6. The van der Waals surface area contributed by atoms with Gasteiger partial charge in [-0.1, -0.05) is 11.6 Å². The Balaban J connectivity index is 1.73. The molecular weight excluding hydrogens is 284 g/mol. The minimum atomic E-state index is 0.0631. The summed E-state index contributed by atoms with van der Waals surface area (Å²) in [4.78, 5) is 17.1. The van der Waals surface area contributed by atoms with Crippen molar-refractivity contribution in [1.29, 1.82) is 0 Å². The van der Waals surface area contributed by atoms with Gasteiger partial charge >= 0.3 is 6.03 Å². The first-order chi connectivity index (χ1) is 9.19. The number of nitrogens with one attached hydrogen (secondary N) is 1. The van der Waals surface area contributed by atoms with Crippen molar-refractivity contribution in [3.63, 3.8) is 0 Å². The molecular formula is C12H17ClN4OS. The SMILES string of the molecule is NCC(c1ccc(Cl)s1)N1CCN2C(=O)NCC2C1. The zero-order valence-electron chi connectivity index (χ0n) is 10.5. The van der Waals surface area contributed by atoms with Crippen LogP contribution in [-0.4, -0.2) is 54.6 Å². The van der Waals surface area contributed by atoms with E-state index < -0.39 is 0 Å². The predicted octanol–water partition coefficient (Wildman–Crippen LogP) is 1.11. The second kappa shape index (κ2) is 5.28. The van der Waals surface area contributed by atoms with E-state index in [0.29, 0.717) is 6.54 Å². The minimum absolute atomic E-state index is 0.0631. The van der Waals surface area contributed by atoms with Crippen LogP contribution in [0.2, 0.25) is 4.34 Å². The van der Waals surface area contributed by atoms with Crippen molar-refractivity contribution < 1.29 is 4.79 Å². The van der Waals surface area contributed by atoms with E-state index in [1.807, 2.05) is 11.0 Å². The van der Waals surface area contributed by atoms with Crippen molar-refractivity contribution in [2.45, 2.75) is 12.1 Å². The molecule has 3 N–H and O–H groups in total. The number of nitrogens with zero attached hydrogens (tertiary/aromatic N) is 2. The van der Waals surface area contributed by atoms with Crippen molar-refractivity contribution in [2.75, 3.05) is 32.7 Å². The summed E-state index contributed by atoms with van der Waals surface area (Å²) in [5.41, 5.74) is 5.94. The third-order valence-corrected chi connectivity index (χ3v) is 5.18. The molecule has 0 aromatic carbocycles. The topological polar surface area (TPSA) is 61.6 Å². The summed E-state index contributed by atoms with van der Waals surface area (Å²) in [7, 11) is 0. The number of halogens is 1. The number of piperazine rings is 1. The number of hydrogen-bond donors (Lipinski definition) is 2. The number of urea groups is 1. The van der Waals surface area contributed by atoms with E-state index in [2.05, 4.69) is 16.3 Å². The second-order valence-corrected chi connectivity index (χ2v) is 6.67. The Kier molecular flexibility index (Phi) is 3.66. The highest BCUT2D eigenvalue weighted by Crippen LogP contribution is 2.31. The number of amides is 2. The fraction of sp³-hybridized carbons (Fsp3) is 0.583. The van der Waals surface area contributed by atoms with Crippen LogP contribution < -0.4 is 11.1 Å². The molecule has 2 saturated heterocycles. The fourth-order valence-corrected chi connectivity index (χ4v) is 4.07. The van der Waals surface area contributed by atoms with E-state index >= 15 is 0 Å². The lowest BCUT2D eigenvalue weighted by Crippen LogP contribution is -2.53. The molecule has 19 heavy (non-hydrogen) atoms. The third kappa shape index (κ3) is 2.45. The van der Waals surface area contributed by atoms with Crippen LogP contribution in [-0.2, 0) is 0 Å². The van der Waals surface area contributed by atoms with Crippen LogP contribution in [0.4, 0.5) is 4.79 Å². The summed E-state index contributed by atoms with van der Waals surface area (Å²) < 4.78 is 0.796. The van der Waals surface area contributed by atoms with Gasteiger partial charge in [-0.25, -0.2) is 4.79 Å². The average Bonchev–Trinajstić information content (AvgIpc) is 2.98. The van der Waals surface area contributed by atoms with Gasteiger partial charge in [-0.15, -0.1) is 11.3 Å². The normalized spacial score (nSPS) is 25.3. The van der Waals surface area contributed by atoms with Crippen molar-refractivity contribution >= 4 is 29.0 Å². The molecule has 104 valence electrons. The summed E-state index contributed by atoms with van der Waals surface area (Å²) in [6.45, 7) is 3.81. The van der Waals surface area contributed by atoms with Crippen molar-refractivity contribution in [3.05, 3.63) is 21.3 Å². The Labute approximate surface area is 121 Å². The molecule has 2 amide bonds. The smallest absolute Gasteiger partial charge is 0.317 e. The van der Waals surface area contributed by atoms with Gasteiger partial charge in [0.15, 0.2) is 0 Å². The summed E-state index contributed by atoms with van der Waals surface area (Å²) in [5.74, 6) is 0. The van der Waals surface area contributed by atoms with Crippen LogP contribution in [0.5, 0.6) is 0 Å². The number of thiophene rings is 1. The molecule has 2 unspecified atom stereocenters. The lowest BCUT2D eigenvalue weighted by molar-refractivity contribution is 0.0916. The Morgan fingerprint density at radius 1 is 1.53 bits per heavy atom. The first-order valence-electron chi connectivity index (χ1n) is 6.43. The first-order valence-corrected chi connectivity index (χ1v) is 7.62. The molecule has 3 heterocycles. The van der Waals surface area contributed by atoms with Gasteiger partial charge < -0.3 is 16.0 Å². The van der Waals surface area contributed by atoms with Gasteiger partial charge in [0.1, 0.15) is 0 Å². The number of fused-ring (bicyclic) bond motifs is 1. The lowest BCUT2D eigenvalue weighted by atomic mass is 10.1. The van der Waals surface area contributed by atoms with Gasteiger partial charge in [-0.05, 0) is 12.1 Å². The van der Waals surface area contributed by atoms with Crippen LogP contribution in [0.3, 0.4) is 0 Å². The molecule has 0 aliphatic carbocycles. The number of hydrogen-bond acceptors (Lipinski definition) is 4. The molecule has 2 atom stereocenters. The van der Waals surface area contributed by atoms with Crippen LogP contribution in [0.15, 0.2) is 12.1 Å². The van der Waals surface area contributed by atoms with Gasteiger partial charge in [0.2, 0.25) is 0 Å². The van der Waals surface area contributed by atoms with Gasteiger partial charge in [-0.2, -0.15) is 0 Å². The maximum atomic E-state index is 11.6. The highest BCUT2D eigenvalue weighted by Gasteiger charge is 2.37. The zero-order chi connectivity index (χ0) is 13.4. The molecule has 1 aromatic rings. The van der Waals surface area contributed by atoms with E-state index in [1.165, 1.54) is 4.88 Å². The minimum Gasteiger partial charge on any atom is -0.336 e. The van der Waals surface area contributed by atoms with Crippen LogP contribution in [0.25, 0.3) is 0 Å². The molecule has 3 rings (SSSR count). The molecule has 2 fully saturated rings. The van der Waals surface area contributed by atoms with E-state index in [0.717, 1.165) is 30.5 Å². The molecule has 0 radical (unpaired) electrons.